The molecule has 0 atom stereocenters. The summed E-state index contributed by atoms with van der Waals surface area (Å²) in [6.07, 6.45) is 1.34. The third-order valence-corrected chi connectivity index (χ3v) is 3.19. The highest BCUT2D eigenvalue weighted by molar-refractivity contribution is 6.44. The van der Waals surface area contributed by atoms with Crippen LogP contribution in [0, 0.1) is 0 Å². The van der Waals surface area contributed by atoms with E-state index in [0.29, 0.717) is 10.7 Å². The summed E-state index contributed by atoms with van der Waals surface area (Å²) in [5.74, 6) is -0.467. The van der Waals surface area contributed by atoms with Crippen molar-refractivity contribution >= 4 is 52.1 Å². The van der Waals surface area contributed by atoms with Gasteiger partial charge in [-0.1, -0.05) is 34.8 Å². The number of nitrogens with one attached hydrogen (secondary N) is 2. The number of benzene rings is 1. The van der Waals surface area contributed by atoms with Crippen molar-refractivity contribution in [3.8, 4) is 0 Å². The zero-order valence-electron chi connectivity index (χ0n) is 8.80. The van der Waals surface area contributed by atoms with E-state index < -0.39 is 5.91 Å². The Morgan fingerprint density at radius 1 is 1.22 bits per heavy atom. The number of aromatic nitrogens is 2. The highest BCUT2D eigenvalue weighted by Crippen LogP contribution is 2.32. The number of nitrogen functional groups attached to an aromatic ring is 1. The fourth-order valence-electron chi connectivity index (χ4n) is 1.28. The Kier molecular flexibility index (Phi) is 3.65. The molecule has 0 spiro atoms. The highest BCUT2D eigenvalue weighted by Gasteiger charge is 2.14. The van der Waals surface area contributed by atoms with Gasteiger partial charge >= 0.3 is 0 Å². The van der Waals surface area contributed by atoms with Crippen molar-refractivity contribution < 1.29 is 4.79 Å². The molecule has 5 nitrogen and oxygen atoms in total. The lowest BCUT2D eigenvalue weighted by atomic mass is 10.3. The van der Waals surface area contributed by atoms with Gasteiger partial charge in [0.05, 0.1) is 32.6 Å². The molecule has 0 saturated carbocycles. The third kappa shape index (κ3) is 2.53. The van der Waals surface area contributed by atoms with E-state index in [9.17, 15) is 4.79 Å². The van der Waals surface area contributed by atoms with Gasteiger partial charge in [-0.3, -0.25) is 9.89 Å². The largest absolute Gasteiger partial charge is 0.396 e. The summed E-state index contributed by atoms with van der Waals surface area (Å²) in [6.45, 7) is 0. The van der Waals surface area contributed by atoms with Gasteiger partial charge in [0.25, 0.3) is 5.91 Å². The number of hydrogen-bond donors (Lipinski definition) is 3. The first-order chi connectivity index (χ1) is 8.49. The molecule has 0 bridgehead atoms. The van der Waals surface area contributed by atoms with Crippen molar-refractivity contribution in [2.45, 2.75) is 0 Å². The number of H-pyrrole nitrogens is 1. The van der Waals surface area contributed by atoms with Crippen molar-refractivity contribution in [2.75, 3.05) is 11.1 Å². The topological polar surface area (TPSA) is 83.8 Å². The van der Waals surface area contributed by atoms with E-state index in [4.69, 9.17) is 40.5 Å². The number of amides is 1. The molecule has 0 fully saturated rings. The van der Waals surface area contributed by atoms with E-state index in [1.807, 2.05) is 0 Å². The number of rotatable bonds is 2. The van der Waals surface area contributed by atoms with Crippen LogP contribution < -0.4 is 11.1 Å². The average molecular weight is 306 g/mol. The molecule has 1 heterocycles. The summed E-state index contributed by atoms with van der Waals surface area (Å²) in [4.78, 5) is 11.8. The summed E-state index contributed by atoms with van der Waals surface area (Å²) in [7, 11) is 0. The van der Waals surface area contributed by atoms with Crippen LogP contribution in [0.3, 0.4) is 0 Å². The number of nitrogens with two attached hydrogens (primary N) is 1. The summed E-state index contributed by atoms with van der Waals surface area (Å²) < 4.78 is 0. The standard InChI is InChI=1S/C10H7Cl3N4O/c11-4-1-6(13)8(2-5(4)12)16-10(18)9-7(14)3-15-17-9/h1-3H,14H2,(H,15,17)(H,16,18). The zero-order chi connectivity index (χ0) is 13.3. The second kappa shape index (κ2) is 5.06. The molecule has 1 aromatic heterocycles. The Hall–Kier alpha value is -1.43. The van der Waals surface area contributed by atoms with Gasteiger partial charge < -0.3 is 11.1 Å². The van der Waals surface area contributed by atoms with Crippen LogP contribution in [0.5, 0.6) is 0 Å². The van der Waals surface area contributed by atoms with Gasteiger partial charge in [-0.15, -0.1) is 0 Å². The van der Waals surface area contributed by atoms with Crippen LogP contribution in [0.25, 0.3) is 0 Å². The smallest absolute Gasteiger partial charge is 0.275 e. The van der Waals surface area contributed by atoms with Gasteiger partial charge in [-0.2, -0.15) is 5.10 Å². The van der Waals surface area contributed by atoms with Crippen molar-refractivity contribution in [2.24, 2.45) is 0 Å². The fourth-order valence-corrected chi connectivity index (χ4v) is 1.87. The molecular formula is C10H7Cl3N4O. The maximum Gasteiger partial charge on any atom is 0.275 e. The van der Waals surface area contributed by atoms with E-state index in [0.717, 1.165) is 0 Å². The molecular weight excluding hydrogens is 298 g/mol. The Balaban J connectivity index is 2.28. The second-order valence-corrected chi connectivity index (χ2v) is 4.62. The van der Waals surface area contributed by atoms with Crippen LogP contribution in [0.15, 0.2) is 18.3 Å². The number of anilines is 2. The first-order valence-electron chi connectivity index (χ1n) is 4.73. The molecule has 4 N–H and O–H groups in total. The van der Waals surface area contributed by atoms with Gasteiger partial charge in [0.2, 0.25) is 0 Å². The number of aromatic amines is 1. The number of halogens is 3. The van der Waals surface area contributed by atoms with Crippen molar-refractivity contribution in [1.82, 2.24) is 10.2 Å². The summed E-state index contributed by atoms with van der Waals surface area (Å²) in [5, 5.41) is 9.55. The minimum atomic E-state index is -0.467. The Morgan fingerprint density at radius 3 is 2.50 bits per heavy atom. The molecule has 0 aliphatic heterocycles. The molecule has 94 valence electrons. The summed E-state index contributed by atoms with van der Waals surface area (Å²) in [5.41, 5.74) is 6.28. The maximum atomic E-state index is 11.8. The van der Waals surface area contributed by atoms with E-state index in [1.165, 1.54) is 18.3 Å². The van der Waals surface area contributed by atoms with Gasteiger partial charge in [-0.05, 0) is 12.1 Å². The third-order valence-electron chi connectivity index (χ3n) is 2.15. The van der Waals surface area contributed by atoms with Crippen LogP contribution in [-0.4, -0.2) is 16.1 Å². The number of carbonyl (C=O) groups excluding carboxylic acids is 1. The van der Waals surface area contributed by atoms with Crippen molar-refractivity contribution in [1.29, 1.82) is 0 Å². The van der Waals surface area contributed by atoms with Gasteiger partial charge in [0.15, 0.2) is 0 Å². The van der Waals surface area contributed by atoms with Crippen LogP contribution in [-0.2, 0) is 0 Å². The Bertz CT molecular complexity index is 611. The average Bonchev–Trinajstić information content (AvgIpc) is 2.72. The predicted octanol–water partition coefficient (Wildman–Crippen LogP) is 3.20. The number of nitrogens with zero attached hydrogens (tertiary/aromatic N) is 1. The van der Waals surface area contributed by atoms with Gasteiger partial charge in [-0.25, -0.2) is 0 Å². The lowest BCUT2D eigenvalue weighted by Crippen LogP contribution is -2.14. The van der Waals surface area contributed by atoms with E-state index in [2.05, 4.69) is 15.5 Å². The summed E-state index contributed by atoms with van der Waals surface area (Å²) >= 11 is 17.6. The lowest BCUT2D eigenvalue weighted by molar-refractivity contribution is 0.102. The monoisotopic (exact) mass is 304 g/mol. The van der Waals surface area contributed by atoms with Crippen LogP contribution >= 0.6 is 34.8 Å². The molecule has 0 aliphatic carbocycles. The Morgan fingerprint density at radius 2 is 1.89 bits per heavy atom. The first kappa shape index (κ1) is 13.0. The molecule has 0 saturated heterocycles. The Labute approximate surface area is 117 Å². The van der Waals surface area contributed by atoms with E-state index >= 15 is 0 Å². The quantitative estimate of drug-likeness (QED) is 0.745. The minimum absolute atomic E-state index is 0.150. The number of hydrogen-bond acceptors (Lipinski definition) is 3. The van der Waals surface area contributed by atoms with Gasteiger partial charge in [0, 0.05) is 0 Å². The van der Waals surface area contributed by atoms with Crippen LogP contribution in [0.2, 0.25) is 15.1 Å². The lowest BCUT2D eigenvalue weighted by Gasteiger charge is -2.08. The van der Waals surface area contributed by atoms with Gasteiger partial charge in [0.1, 0.15) is 5.69 Å². The van der Waals surface area contributed by atoms with Crippen LogP contribution in [0.1, 0.15) is 10.5 Å². The molecule has 0 radical (unpaired) electrons. The van der Waals surface area contributed by atoms with E-state index in [-0.39, 0.29) is 21.4 Å². The van der Waals surface area contributed by atoms with Crippen molar-refractivity contribution in [3.63, 3.8) is 0 Å². The maximum absolute atomic E-state index is 11.8. The highest BCUT2D eigenvalue weighted by atomic mass is 35.5. The normalized spacial score (nSPS) is 10.4. The molecule has 1 aromatic carbocycles. The zero-order valence-corrected chi connectivity index (χ0v) is 11.1. The molecule has 18 heavy (non-hydrogen) atoms. The minimum Gasteiger partial charge on any atom is -0.396 e. The first-order valence-corrected chi connectivity index (χ1v) is 5.87. The molecule has 0 aliphatic rings. The molecule has 2 aromatic rings. The molecule has 2 rings (SSSR count). The number of carbonyl (C=O) groups is 1. The van der Waals surface area contributed by atoms with Crippen LogP contribution in [0.4, 0.5) is 11.4 Å². The van der Waals surface area contributed by atoms with Crippen molar-refractivity contribution in [3.05, 3.63) is 39.1 Å². The molecule has 0 unspecified atom stereocenters. The SMILES string of the molecule is Nc1cn[nH]c1C(=O)Nc1cc(Cl)c(Cl)cc1Cl. The molecule has 8 heteroatoms. The van der Waals surface area contributed by atoms with E-state index in [1.54, 1.807) is 0 Å². The predicted molar refractivity (Wildman–Crippen MR) is 72.4 cm³/mol. The second-order valence-electron chi connectivity index (χ2n) is 3.40. The molecule has 1 amide bonds. The summed E-state index contributed by atoms with van der Waals surface area (Å²) in [6, 6.07) is 2.90. The fraction of sp³-hybridized carbons (Fsp3) is 0.